The topological polar surface area (TPSA) is 42.2 Å². The summed E-state index contributed by atoms with van der Waals surface area (Å²) in [6.45, 7) is 5.05. The quantitative estimate of drug-likeness (QED) is 0.568. The van der Waals surface area contributed by atoms with Gasteiger partial charge >= 0.3 is 0 Å². The molecule has 0 unspecified atom stereocenters. The minimum atomic E-state index is -0.0465. The smallest absolute Gasteiger partial charge is 0.255 e. The first kappa shape index (κ1) is 20.2. The van der Waals surface area contributed by atoms with Gasteiger partial charge in [0, 0.05) is 12.1 Å². The van der Waals surface area contributed by atoms with E-state index in [2.05, 4.69) is 37.4 Å². The number of carbonyl (C=O) groups is 1. The molecule has 0 radical (unpaired) electrons. The Bertz CT molecular complexity index is 808. The van der Waals surface area contributed by atoms with E-state index < -0.39 is 0 Å². The molecule has 2 aromatic rings. The SMILES string of the molecule is C/C=C(\C=C/CC)C1CCC(CNC(=O)c2cocc2-c2ccccc2)CC1. The molecule has 148 valence electrons. The molecule has 1 N–H and O–H groups in total. The second-order valence-electron chi connectivity index (χ2n) is 7.59. The van der Waals surface area contributed by atoms with E-state index in [9.17, 15) is 4.79 Å². The average Bonchev–Trinajstić information content (AvgIpc) is 3.24. The molecule has 3 nitrogen and oxygen atoms in total. The number of hydrogen-bond acceptors (Lipinski definition) is 2. The molecule has 0 atom stereocenters. The standard InChI is InChI=1S/C25H31NO2/c1-3-5-9-20(4-2)21-14-12-19(13-15-21)16-26-25(27)24-18-28-17-23(24)22-10-7-6-8-11-22/h4-11,17-19,21H,3,12-16H2,1-2H3,(H,26,27)/b9-5-,20-4+. The summed E-state index contributed by atoms with van der Waals surface area (Å²) in [6.07, 6.45) is 15.8. The first-order valence-electron chi connectivity index (χ1n) is 10.5. The number of hydrogen-bond donors (Lipinski definition) is 1. The van der Waals surface area contributed by atoms with E-state index in [1.807, 2.05) is 30.3 Å². The third kappa shape index (κ3) is 5.03. The fourth-order valence-electron chi connectivity index (χ4n) is 4.07. The summed E-state index contributed by atoms with van der Waals surface area (Å²) in [6, 6.07) is 9.90. The molecule has 1 amide bonds. The lowest BCUT2D eigenvalue weighted by molar-refractivity contribution is 0.0942. The van der Waals surface area contributed by atoms with Gasteiger partial charge in [-0.15, -0.1) is 0 Å². The van der Waals surface area contributed by atoms with E-state index in [-0.39, 0.29) is 5.91 Å². The third-order valence-electron chi connectivity index (χ3n) is 5.74. The molecule has 1 aromatic heterocycles. The largest absolute Gasteiger partial charge is 0.471 e. The highest BCUT2D eigenvalue weighted by atomic mass is 16.3. The second kappa shape index (κ2) is 10.1. The number of nitrogens with one attached hydrogen (secondary N) is 1. The van der Waals surface area contributed by atoms with Gasteiger partial charge in [-0.25, -0.2) is 0 Å². The normalized spacial score (nSPS) is 20.4. The van der Waals surface area contributed by atoms with E-state index in [4.69, 9.17) is 4.42 Å². The minimum absolute atomic E-state index is 0.0465. The molecule has 1 saturated carbocycles. The molecule has 28 heavy (non-hydrogen) atoms. The predicted molar refractivity (Wildman–Crippen MR) is 115 cm³/mol. The maximum atomic E-state index is 12.7. The number of carbonyl (C=O) groups excluding carboxylic acids is 1. The molecular formula is C25H31NO2. The summed E-state index contributed by atoms with van der Waals surface area (Å²) in [5, 5.41) is 3.13. The summed E-state index contributed by atoms with van der Waals surface area (Å²) in [5.41, 5.74) is 3.93. The monoisotopic (exact) mass is 377 g/mol. The van der Waals surface area contributed by atoms with Gasteiger partial charge in [0.05, 0.1) is 11.8 Å². The van der Waals surface area contributed by atoms with Crippen LogP contribution in [0.5, 0.6) is 0 Å². The van der Waals surface area contributed by atoms with Gasteiger partial charge in [0.15, 0.2) is 0 Å². The van der Waals surface area contributed by atoms with Gasteiger partial charge in [-0.2, -0.15) is 0 Å². The molecule has 1 aromatic carbocycles. The van der Waals surface area contributed by atoms with Gasteiger partial charge in [0.25, 0.3) is 5.91 Å². The Kier molecular flexibility index (Phi) is 7.30. The van der Waals surface area contributed by atoms with Crippen molar-refractivity contribution in [3.63, 3.8) is 0 Å². The van der Waals surface area contributed by atoms with Crippen LogP contribution < -0.4 is 5.32 Å². The first-order chi connectivity index (χ1) is 13.7. The van der Waals surface area contributed by atoms with Gasteiger partial charge in [-0.05, 0) is 62.0 Å². The number of amides is 1. The lowest BCUT2D eigenvalue weighted by atomic mass is 9.78. The van der Waals surface area contributed by atoms with Gasteiger partial charge in [-0.3, -0.25) is 4.79 Å². The first-order valence-corrected chi connectivity index (χ1v) is 10.5. The highest BCUT2D eigenvalue weighted by Gasteiger charge is 2.23. The van der Waals surface area contributed by atoms with Crippen LogP contribution in [0.25, 0.3) is 11.1 Å². The Morgan fingerprint density at radius 2 is 1.89 bits per heavy atom. The Balaban J connectivity index is 1.52. The van der Waals surface area contributed by atoms with Crippen LogP contribution in [0, 0.1) is 11.8 Å². The van der Waals surface area contributed by atoms with Crippen molar-refractivity contribution in [2.75, 3.05) is 6.54 Å². The van der Waals surface area contributed by atoms with Gasteiger partial charge in [0.1, 0.15) is 6.26 Å². The second-order valence-corrected chi connectivity index (χ2v) is 7.59. The zero-order valence-electron chi connectivity index (χ0n) is 17.0. The molecule has 0 aliphatic heterocycles. The predicted octanol–water partition coefficient (Wildman–Crippen LogP) is 6.40. The summed E-state index contributed by atoms with van der Waals surface area (Å²) < 4.78 is 5.32. The van der Waals surface area contributed by atoms with Crippen LogP contribution in [-0.2, 0) is 0 Å². The van der Waals surface area contributed by atoms with Crippen molar-refractivity contribution < 1.29 is 9.21 Å². The molecule has 3 rings (SSSR count). The number of rotatable bonds is 7. The molecule has 3 heteroatoms. The van der Waals surface area contributed by atoms with Crippen molar-refractivity contribution in [1.82, 2.24) is 5.32 Å². The van der Waals surface area contributed by atoms with E-state index in [1.54, 1.807) is 12.5 Å². The molecule has 0 spiro atoms. The summed E-state index contributed by atoms with van der Waals surface area (Å²) in [4.78, 5) is 12.7. The van der Waals surface area contributed by atoms with Crippen LogP contribution in [0.4, 0.5) is 0 Å². The number of furan rings is 1. The maximum absolute atomic E-state index is 12.7. The van der Waals surface area contributed by atoms with Gasteiger partial charge in [0.2, 0.25) is 0 Å². The van der Waals surface area contributed by atoms with Crippen LogP contribution in [0.3, 0.4) is 0 Å². The summed E-state index contributed by atoms with van der Waals surface area (Å²) >= 11 is 0. The van der Waals surface area contributed by atoms with E-state index in [0.717, 1.165) is 24.1 Å². The van der Waals surface area contributed by atoms with Crippen molar-refractivity contribution in [3.8, 4) is 11.1 Å². The van der Waals surface area contributed by atoms with Crippen LogP contribution in [0.15, 0.2) is 71.1 Å². The molecule has 1 aliphatic rings. The minimum Gasteiger partial charge on any atom is -0.471 e. The Hall–Kier alpha value is -2.55. The zero-order valence-corrected chi connectivity index (χ0v) is 17.0. The van der Waals surface area contributed by atoms with Crippen molar-refractivity contribution in [1.29, 1.82) is 0 Å². The highest BCUT2D eigenvalue weighted by molar-refractivity contribution is 6.00. The Morgan fingerprint density at radius 1 is 1.14 bits per heavy atom. The zero-order chi connectivity index (χ0) is 19.8. The van der Waals surface area contributed by atoms with Gasteiger partial charge in [-0.1, -0.05) is 55.5 Å². The Labute approximate surface area is 168 Å². The molecule has 1 aliphatic carbocycles. The van der Waals surface area contributed by atoms with Crippen molar-refractivity contribution in [3.05, 3.63) is 72.2 Å². The molecule has 1 heterocycles. The van der Waals surface area contributed by atoms with Crippen LogP contribution in [0.1, 0.15) is 56.3 Å². The third-order valence-corrected chi connectivity index (χ3v) is 5.74. The van der Waals surface area contributed by atoms with Crippen LogP contribution >= 0.6 is 0 Å². The lowest BCUT2D eigenvalue weighted by Crippen LogP contribution is -2.31. The van der Waals surface area contributed by atoms with Crippen molar-refractivity contribution >= 4 is 5.91 Å². The van der Waals surface area contributed by atoms with Crippen molar-refractivity contribution in [2.45, 2.75) is 46.0 Å². The van der Waals surface area contributed by atoms with Crippen molar-refractivity contribution in [2.24, 2.45) is 11.8 Å². The number of allylic oxidation sites excluding steroid dienone is 4. The fourth-order valence-corrected chi connectivity index (χ4v) is 4.07. The number of benzene rings is 1. The van der Waals surface area contributed by atoms with Crippen LogP contribution in [0.2, 0.25) is 0 Å². The summed E-state index contributed by atoms with van der Waals surface area (Å²) in [7, 11) is 0. The Morgan fingerprint density at radius 3 is 2.57 bits per heavy atom. The van der Waals surface area contributed by atoms with Crippen LogP contribution in [-0.4, -0.2) is 12.5 Å². The average molecular weight is 378 g/mol. The molecule has 0 saturated heterocycles. The molecule has 1 fully saturated rings. The fraction of sp³-hybridized carbons (Fsp3) is 0.400. The van der Waals surface area contributed by atoms with E-state index in [0.29, 0.717) is 17.4 Å². The molecular weight excluding hydrogens is 346 g/mol. The van der Waals surface area contributed by atoms with Gasteiger partial charge < -0.3 is 9.73 Å². The highest BCUT2D eigenvalue weighted by Crippen LogP contribution is 2.34. The molecule has 0 bridgehead atoms. The summed E-state index contributed by atoms with van der Waals surface area (Å²) in [5.74, 6) is 1.17. The van der Waals surface area contributed by atoms with E-state index >= 15 is 0 Å². The lowest BCUT2D eigenvalue weighted by Gasteiger charge is -2.29. The van der Waals surface area contributed by atoms with E-state index in [1.165, 1.54) is 31.3 Å². The maximum Gasteiger partial charge on any atom is 0.255 e.